The van der Waals surface area contributed by atoms with Crippen LogP contribution >= 0.6 is 0 Å². The number of carboxylic acids is 1. The second kappa shape index (κ2) is 8.14. The summed E-state index contributed by atoms with van der Waals surface area (Å²) in [4.78, 5) is 17.3. The third-order valence-corrected chi connectivity index (χ3v) is 4.58. The first-order chi connectivity index (χ1) is 13.8. The lowest BCUT2D eigenvalue weighted by molar-refractivity contribution is 0.0696. The topological polar surface area (TPSA) is 105 Å². The standard InChI is InChI=1S/C21H21FN4O3/c1-12(14-9-10-15(16(22)11-14)13-7-5-4-6-8-13)18-17(20(27)28)19(29-25-18)24-21(23)26(2)3/h4-12H,1-3H3,(H2,23,24)(H,27,28). The van der Waals surface area contributed by atoms with E-state index in [-0.39, 0.29) is 23.1 Å². The number of carbonyl (C=O) groups is 1. The van der Waals surface area contributed by atoms with Gasteiger partial charge in [-0.25, -0.2) is 9.18 Å². The first-order valence-corrected chi connectivity index (χ1v) is 8.88. The van der Waals surface area contributed by atoms with Crippen molar-refractivity contribution in [3.8, 4) is 11.1 Å². The number of nitrogens with zero attached hydrogens (tertiary/aromatic N) is 3. The summed E-state index contributed by atoms with van der Waals surface area (Å²) >= 11 is 0. The Morgan fingerprint density at radius 2 is 1.93 bits per heavy atom. The zero-order valence-electron chi connectivity index (χ0n) is 16.3. The molecular weight excluding hydrogens is 375 g/mol. The van der Waals surface area contributed by atoms with E-state index >= 15 is 0 Å². The number of hydrogen-bond acceptors (Lipinski definition) is 4. The van der Waals surface area contributed by atoms with Crippen molar-refractivity contribution in [3.05, 3.63) is 71.2 Å². The van der Waals surface area contributed by atoms with Gasteiger partial charge in [-0.3, -0.25) is 0 Å². The van der Waals surface area contributed by atoms with Crippen molar-refractivity contribution in [1.29, 1.82) is 0 Å². The normalized spacial score (nSPS) is 12.6. The quantitative estimate of drug-likeness (QED) is 0.501. The van der Waals surface area contributed by atoms with Gasteiger partial charge in [-0.05, 0) is 17.2 Å². The predicted octanol–water partition coefficient (Wildman–Crippen LogP) is 3.84. The zero-order chi connectivity index (χ0) is 21.1. The van der Waals surface area contributed by atoms with E-state index in [4.69, 9.17) is 10.3 Å². The van der Waals surface area contributed by atoms with Gasteiger partial charge in [0.15, 0.2) is 11.5 Å². The van der Waals surface area contributed by atoms with Crippen LogP contribution in [-0.4, -0.2) is 41.2 Å². The van der Waals surface area contributed by atoms with Gasteiger partial charge >= 0.3 is 5.97 Å². The molecule has 0 aliphatic rings. The Morgan fingerprint density at radius 3 is 2.52 bits per heavy atom. The summed E-state index contributed by atoms with van der Waals surface area (Å²) in [5.74, 6) is -2.32. The van der Waals surface area contributed by atoms with E-state index in [1.807, 2.05) is 30.3 Å². The Hall–Kier alpha value is -3.68. The number of nitrogens with two attached hydrogens (primary N) is 1. The lowest BCUT2D eigenvalue weighted by Gasteiger charge is -2.12. The molecule has 0 spiro atoms. The highest BCUT2D eigenvalue weighted by atomic mass is 19.1. The SMILES string of the molecule is CC(c1ccc(-c2ccccc2)c(F)c1)c1noc(N=C(N)N(C)C)c1C(=O)O. The maximum Gasteiger partial charge on any atom is 0.343 e. The molecule has 3 aromatic rings. The average Bonchev–Trinajstić information content (AvgIpc) is 3.11. The van der Waals surface area contributed by atoms with Gasteiger partial charge in [0.1, 0.15) is 11.5 Å². The number of aliphatic imine (C=N–C) groups is 1. The molecule has 0 fully saturated rings. The molecule has 3 N–H and O–H groups in total. The molecule has 7 nitrogen and oxygen atoms in total. The predicted molar refractivity (Wildman–Crippen MR) is 108 cm³/mol. The molecular formula is C21H21FN4O3. The molecule has 1 heterocycles. The van der Waals surface area contributed by atoms with Crippen molar-refractivity contribution < 1.29 is 18.8 Å². The first kappa shape index (κ1) is 20.1. The summed E-state index contributed by atoms with van der Waals surface area (Å²) in [5.41, 5.74) is 7.48. The molecule has 0 aliphatic carbocycles. The van der Waals surface area contributed by atoms with Gasteiger partial charge in [0.2, 0.25) is 0 Å². The summed E-state index contributed by atoms with van der Waals surface area (Å²) in [6.45, 7) is 1.73. The summed E-state index contributed by atoms with van der Waals surface area (Å²) in [5, 5.41) is 13.5. The lowest BCUT2D eigenvalue weighted by Crippen LogP contribution is -2.29. The average molecular weight is 396 g/mol. The number of guanidine groups is 1. The van der Waals surface area contributed by atoms with Gasteiger partial charge < -0.3 is 20.3 Å². The highest BCUT2D eigenvalue weighted by Gasteiger charge is 2.28. The fourth-order valence-electron chi connectivity index (χ4n) is 2.88. The van der Waals surface area contributed by atoms with Crippen LogP contribution in [0, 0.1) is 5.82 Å². The number of halogens is 1. The van der Waals surface area contributed by atoms with Crippen LogP contribution in [0.2, 0.25) is 0 Å². The molecule has 29 heavy (non-hydrogen) atoms. The van der Waals surface area contributed by atoms with E-state index in [9.17, 15) is 14.3 Å². The Labute approximate surface area is 167 Å². The van der Waals surface area contributed by atoms with Gasteiger partial charge in [0, 0.05) is 25.6 Å². The fourth-order valence-corrected chi connectivity index (χ4v) is 2.88. The number of aromatic nitrogens is 1. The van der Waals surface area contributed by atoms with Gasteiger partial charge in [-0.15, -0.1) is 0 Å². The van der Waals surface area contributed by atoms with Gasteiger partial charge in [0.05, 0.1) is 0 Å². The minimum absolute atomic E-state index is 0.0705. The molecule has 0 saturated carbocycles. The van der Waals surface area contributed by atoms with Crippen LogP contribution in [0.4, 0.5) is 10.3 Å². The molecule has 1 aromatic heterocycles. The molecule has 0 bridgehead atoms. The van der Waals surface area contributed by atoms with E-state index in [1.165, 1.54) is 11.0 Å². The molecule has 1 unspecified atom stereocenters. The van der Waals surface area contributed by atoms with Crippen LogP contribution in [-0.2, 0) is 0 Å². The fraction of sp³-hybridized carbons (Fsp3) is 0.190. The summed E-state index contributed by atoms with van der Waals surface area (Å²) in [6, 6.07) is 14.0. The minimum atomic E-state index is -1.25. The van der Waals surface area contributed by atoms with Crippen molar-refractivity contribution >= 4 is 17.8 Å². The maximum atomic E-state index is 14.7. The third-order valence-electron chi connectivity index (χ3n) is 4.58. The Kier molecular flexibility index (Phi) is 5.63. The van der Waals surface area contributed by atoms with Crippen LogP contribution in [0.3, 0.4) is 0 Å². The second-order valence-corrected chi connectivity index (χ2v) is 6.74. The summed E-state index contributed by atoms with van der Waals surface area (Å²) in [7, 11) is 3.33. The highest BCUT2D eigenvalue weighted by molar-refractivity contribution is 5.95. The zero-order valence-corrected chi connectivity index (χ0v) is 16.3. The Morgan fingerprint density at radius 1 is 1.24 bits per heavy atom. The molecule has 0 radical (unpaired) electrons. The molecule has 1 atom stereocenters. The van der Waals surface area contributed by atoms with Crippen LogP contribution < -0.4 is 5.73 Å². The van der Waals surface area contributed by atoms with Crippen LogP contribution in [0.15, 0.2) is 58.0 Å². The number of rotatable bonds is 5. The number of hydrogen-bond donors (Lipinski definition) is 2. The van der Waals surface area contributed by atoms with E-state index in [1.54, 1.807) is 33.2 Å². The van der Waals surface area contributed by atoms with Crippen molar-refractivity contribution in [2.24, 2.45) is 10.7 Å². The third kappa shape index (κ3) is 4.11. The van der Waals surface area contributed by atoms with Crippen molar-refractivity contribution in [3.63, 3.8) is 0 Å². The molecule has 3 rings (SSSR count). The summed E-state index contributed by atoms with van der Waals surface area (Å²) in [6.07, 6.45) is 0. The van der Waals surface area contributed by atoms with Crippen molar-refractivity contribution in [2.75, 3.05) is 14.1 Å². The highest BCUT2D eigenvalue weighted by Crippen LogP contribution is 2.34. The Bertz CT molecular complexity index is 1060. The number of benzene rings is 2. The second-order valence-electron chi connectivity index (χ2n) is 6.74. The number of carboxylic acid groups (broad SMARTS) is 1. The van der Waals surface area contributed by atoms with Crippen LogP contribution in [0.5, 0.6) is 0 Å². The van der Waals surface area contributed by atoms with E-state index < -0.39 is 17.7 Å². The van der Waals surface area contributed by atoms with E-state index in [0.29, 0.717) is 11.1 Å². The molecule has 0 aliphatic heterocycles. The largest absolute Gasteiger partial charge is 0.477 e. The van der Waals surface area contributed by atoms with Crippen molar-refractivity contribution in [1.82, 2.24) is 10.1 Å². The van der Waals surface area contributed by atoms with Gasteiger partial charge in [-0.1, -0.05) is 54.5 Å². The first-order valence-electron chi connectivity index (χ1n) is 8.88. The molecule has 2 aromatic carbocycles. The molecule has 8 heteroatoms. The lowest BCUT2D eigenvalue weighted by atomic mass is 9.93. The Balaban J connectivity index is 2.00. The smallest absolute Gasteiger partial charge is 0.343 e. The molecule has 0 saturated heterocycles. The van der Waals surface area contributed by atoms with Crippen LogP contribution in [0.25, 0.3) is 11.1 Å². The van der Waals surface area contributed by atoms with Gasteiger partial charge in [-0.2, -0.15) is 4.99 Å². The minimum Gasteiger partial charge on any atom is -0.477 e. The van der Waals surface area contributed by atoms with Gasteiger partial charge in [0.25, 0.3) is 5.88 Å². The van der Waals surface area contributed by atoms with E-state index in [2.05, 4.69) is 10.1 Å². The van der Waals surface area contributed by atoms with E-state index in [0.717, 1.165) is 5.56 Å². The van der Waals surface area contributed by atoms with Crippen molar-refractivity contribution in [2.45, 2.75) is 12.8 Å². The molecule has 0 amide bonds. The summed E-state index contributed by atoms with van der Waals surface area (Å²) < 4.78 is 19.9. The molecule has 150 valence electrons. The van der Waals surface area contributed by atoms with Crippen LogP contribution in [0.1, 0.15) is 34.5 Å². The maximum absolute atomic E-state index is 14.7. The monoisotopic (exact) mass is 396 g/mol. The number of aromatic carboxylic acids is 1.